The highest BCUT2D eigenvalue weighted by Crippen LogP contribution is 2.20. The predicted octanol–water partition coefficient (Wildman–Crippen LogP) is 0.828. The molecule has 0 saturated carbocycles. The lowest BCUT2D eigenvalue weighted by atomic mass is 10.0. The van der Waals surface area contributed by atoms with E-state index < -0.39 is 0 Å². The van der Waals surface area contributed by atoms with Crippen LogP contribution in [0.3, 0.4) is 0 Å². The van der Waals surface area contributed by atoms with Crippen LogP contribution in [0.25, 0.3) is 22.9 Å². The van der Waals surface area contributed by atoms with Gasteiger partial charge in [0.05, 0.1) is 0 Å². The van der Waals surface area contributed by atoms with Crippen LogP contribution in [0.1, 0.15) is 11.1 Å². The molecule has 0 fully saturated rings. The van der Waals surface area contributed by atoms with Crippen molar-refractivity contribution < 1.29 is 17.4 Å². The normalized spacial score (nSPS) is 10.5. The number of fused-ring (bicyclic) bond motifs is 1. The third-order valence-electron chi connectivity index (χ3n) is 3.02. The molecule has 0 aliphatic rings. The average molecular weight is 268 g/mol. The van der Waals surface area contributed by atoms with E-state index in [-0.39, 0.29) is 12.4 Å². The number of hydrogen-bond acceptors (Lipinski definition) is 0. The van der Waals surface area contributed by atoms with Crippen LogP contribution in [0.15, 0.2) is 67.0 Å². The second-order valence-corrected chi connectivity index (χ2v) is 4.24. The third kappa shape index (κ3) is 3.01. The van der Waals surface area contributed by atoms with Crippen molar-refractivity contribution in [3.63, 3.8) is 0 Å². The molecule has 0 bridgehead atoms. The molecule has 1 aromatic heterocycles. The Hall–Kier alpha value is -2.12. The van der Waals surface area contributed by atoms with Gasteiger partial charge < -0.3 is 12.4 Å². The highest BCUT2D eigenvalue weighted by atomic mass is 35.5. The van der Waals surface area contributed by atoms with Crippen LogP contribution in [-0.2, 0) is 0 Å². The van der Waals surface area contributed by atoms with Gasteiger partial charge in [-0.2, -0.15) is 0 Å². The molecule has 94 valence electrons. The van der Waals surface area contributed by atoms with Gasteiger partial charge in [-0.15, -0.1) is 0 Å². The molecule has 0 radical (unpaired) electrons. The highest BCUT2D eigenvalue weighted by molar-refractivity contribution is 5.92. The zero-order valence-corrected chi connectivity index (χ0v) is 11.1. The standard InChI is InChI=1S/C17H13N.ClH/c1-2-7-17-15(4-1)5-3-6-16(17)9-8-14-10-12-18-13-11-14;/h1-13H;1H/b9-8+;. The summed E-state index contributed by atoms with van der Waals surface area (Å²) in [4.78, 5) is 3.03. The topological polar surface area (TPSA) is 14.1 Å². The Bertz CT molecular complexity index is 684. The first kappa shape index (κ1) is 13.3. The number of aromatic nitrogens is 1. The van der Waals surface area contributed by atoms with E-state index in [4.69, 9.17) is 0 Å². The van der Waals surface area contributed by atoms with Crippen molar-refractivity contribution in [2.75, 3.05) is 0 Å². The maximum absolute atomic E-state index is 3.03. The largest absolute Gasteiger partial charge is 1.00 e. The fraction of sp³-hybridized carbons (Fsp3) is 0. The molecule has 1 heterocycles. The number of H-pyrrole nitrogens is 1. The number of benzene rings is 2. The summed E-state index contributed by atoms with van der Waals surface area (Å²) in [5, 5.41) is 2.57. The number of pyridine rings is 1. The zero-order valence-electron chi connectivity index (χ0n) is 10.4. The van der Waals surface area contributed by atoms with Gasteiger partial charge in [-0.25, -0.2) is 4.98 Å². The van der Waals surface area contributed by atoms with Crippen LogP contribution in [-0.4, -0.2) is 0 Å². The monoisotopic (exact) mass is 267 g/mol. The number of hydrogen-bond donors (Lipinski definition) is 0. The summed E-state index contributed by atoms with van der Waals surface area (Å²) in [7, 11) is 0. The van der Waals surface area contributed by atoms with Crippen LogP contribution in [0, 0.1) is 0 Å². The fourth-order valence-electron chi connectivity index (χ4n) is 2.09. The average Bonchev–Trinajstić information content (AvgIpc) is 2.46. The van der Waals surface area contributed by atoms with E-state index in [2.05, 4.69) is 71.7 Å². The summed E-state index contributed by atoms with van der Waals surface area (Å²) in [6.45, 7) is 0. The van der Waals surface area contributed by atoms with Crippen molar-refractivity contribution in [1.82, 2.24) is 0 Å². The van der Waals surface area contributed by atoms with Gasteiger partial charge in [0.25, 0.3) is 0 Å². The molecule has 0 aliphatic carbocycles. The van der Waals surface area contributed by atoms with Crippen molar-refractivity contribution >= 4 is 22.9 Å². The Morgan fingerprint density at radius 3 is 2.32 bits per heavy atom. The smallest absolute Gasteiger partial charge is 0.167 e. The van der Waals surface area contributed by atoms with Crippen LogP contribution < -0.4 is 17.4 Å². The summed E-state index contributed by atoms with van der Waals surface area (Å²) in [5.74, 6) is 0. The van der Waals surface area contributed by atoms with Crippen molar-refractivity contribution in [2.24, 2.45) is 0 Å². The lowest BCUT2D eigenvalue weighted by molar-refractivity contribution is -0.378. The minimum atomic E-state index is 0. The van der Waals surface area contributed by atoms with E-state index in [0.29, 0.717) is 0 Å². The third-order valence-corrected chi connectivity index (χ3v) is 3.02. The minimum absolute atomic E-state index is 0. The van der Waals surface area contributed by atoms with Gasteiger partial charge in [0.15, 0.2) is 12.4 Å². The van der Waals surface area contributed by atoms with E-state index in [0.717, 1.165) is 0 Å². The second-order valence-electron chi connectivity index (χ2n) is 4.24. The molecular weight excluding hydrogens is 254 g/mol. The molecule has 2 heteroatoms. The summed E-state index contributed by atoms with van der Waals surface area (Å²) in [6.07, 6.45) is 8.17. The van der Waals surface area contributed by atoms with Gasteiger partial charge in [0, 0.05) is 12.1 Å². The predicted molar refractivity (Wildman–Crippen MR) is 75.9 cm³/mol. The first-order valence-corrected chi connectivity index (χ1v) is 6.05. The zero-order chi connectivity index (χ0) is 12.2. The van der Waals surface area contributed by atoms with Gasteiger partial charge >= 0.3 is 0 Å². The number of halogens is 1. The highest BCUT2D eigenvalue weighted by Gasteiger charge is 1.96. The molecular formula is C17H14ClN. The van der Waals surface area contributed by atoms with Crippen LogP contribution in [0.5, 0.6) is 0 Å². The van der Waals surface area contributed by atoms with Gasteiger partial charge in [-0.1, -0.05) is 54.6 Å². The Morgan fingerprint density at radius 2 is 1.47 bits per heavy atom. The molecule has 2 aromatic carbocycles. The molecule has 3 aromatic rings. The van der Waals surface area contributed by atoms with E-state index in [1.165, 1.54) is 21.9 Å². The van der Waals surface area contributed by atoms with Gasteiger partial charge in [-0.3, -0.25) is 0 Å². The first-order valence-electron chi connectivity index (χ1n) is 6.05. The molecule has 0 spiro atoms. The molecule has 1 nitrogen and oxygen atoms in total. The van der Waals surface area contributed by atoms with Gasteiger partial charge in [0.2, 0.25) is 0 Å². The Balaban J connectivity index is 0.00000133. The molecule has 3 rings (SSSR count). The maximum atomic E-state index is 3.03. The van der Waals surface area contributed by atoms with Crippen LogP contribution >= 0.6 is 0 Å². The molecule has 1 N–H and O–H groups in total. The first-order chi connectivity index (χ1) is 8.93. The van der Waals surface area contributed by atoms with Gasteiger partial charge in [-0.05, 0) is 21.9 Å². The number of nitrogens with one attached hydrogen (secondary N) is 1. The summed E-state index contributed by atoms with van der Waals surface area (Å²) < 4.78 is 0. The molecule has 0 aliphatic heterocycles. The summed E-state index contributed by atoms with van der Waals surface area (Å²) >= 11 is 0. The Labute approximate surface area is 119 Å². The summed E-state index contributed by atoms with van der Waals surface area (Å²) in [6, 6.07) is 19.0. The van der Waals surface area contributed by atoms with Crippen LogP contribution in [0.4, 0.5) is 0 Å². The maximum Gasteiger partial charge on any atom is 0.167 e. The van der Waals surface area contributed by atoms with Crippen molar-refractivity contribution in [1.29, 1.82) is 0 Å². The Kier molecular flexibility index (Phi) is 4.32. The van der Waals surface area contributed by atoms with Crippen molar-refractivity contribution in [2.45, 2.75) is 0 Å². The lowest BCUT2D eigenvalue weighted by Crippen LogP contribution is -3.00. The van der Waals surface area contributed by atoms with Gasteiger partial charge in [0.1, 0.15) is 0 Å². The minimum Gasteiger partial charge on any atom is -1.00 e. The van der Waals surface area contributed by atoms with E-state index in [1.54, 1.807) is 0 Å². The molecule has 0 amide bonds. The quantitative estimate of drug-likeness (QED) is 0.653. The molecule has 19 heavy (non-hydrogen) atoms. The SMILES string of the molecule is C(=C\c1cccc2ccccc12)/c1cc[nH+]cc1.[Cl-]. The van der Waals surface area contributed by atoms with Crippen LogP contribution in [0.2, 0.25) is 0 Å². The van der Waals surface area contributed by atoms with Crippen molar-refractivity contribution in [3.8, 4) is 0 Å². The number of aromatic amines is 1. The van der Waals surface area contributed by atoms with E-state index >= 15 is 0 Å². The Morgan fingerprint density at radius 1 is 0.737 bits per heavy atom. The van der Waals surface area contributed by atoms with E-state index in [9.17, 15) is 0 Å². The lowest BCUT2D eigenvalue weighted by Gasteiger charge is -2.01. The second kappa shape index (κ2) is 6.17. The van der Waals surface area contributed by atoms with E-state index in [1.807, 2.05) is 12.4 Å². The fourth-order valence-corrected chi connectivity index (χ4v) is 2.09. The summed E-state index contributed by atoms with van der Waals surface area (Å²) in [5.41, 5.74) is 2.45. The molecule has 0 atom stereocenters. The molecule has 0 unspecified atom stereocenters. The number of rotatable bonds is 2. The molecule has 0 saturated heterocycles. The van der Waals surface area contributed by atoms with Crippen molar-refractivity contribution in [3.05, 3.63) is 78.1 Å².